The highest BCUT2D eigenvalue weighted by Gasteiger charge is 2.23. The minimum atomic E-state index is -0.865. The lowest BCUT2D eigenvalue weighted by atomic mass is 10.0. The van der Waals surface area contributed by atoms with Gasteiger partial charge in [0.2, 0.25) is 0 Å². The van der Waals surface area contributed by atoms with Crippen LogP contribution in [0.2, 0.25) is 0 Å². The number of fused-ring (bicyclic) bond motifs is 2. The Balaban J connectivity index is 1.69. The number of nitrogens with zero attached hydrogens (tertiary/aromatic N) is 1. The molecule has 0 aliphatic carbocycles. The van der Waals surface area contributed by atoms with Gasteiger partial charge in [-0.15, -0.1) is 11.3 Å². The maximum atomic E-state index is 12.6. The van der Waals surface area contributed by atoms with Gasteiger partial charge in [0, 0.05) is 15.6 Å². The van der Waals surface area contributed by atoms with Gasteiger partial charge < -0.3 is 19.9 Å². The lowest BCUT2D eigenvalue weighted by Gasteiger charge is -2.14. The number of thiophene rings is 1. The number of nitrogens with one attached hydrogen (secondary N) is 1. The molecule has 3 N–H and O–H groups in total. The summed E-state index contributed by atoms with van der Waals surface area (Å²) < 4.78 is 5.41. The normalized spacial score (nSPS) is 12.4. The smallest absolute Gasteiger partial charge is 0.342 e. The third kappa shape index (κ3) is 3.11. The standard InChI is InChI=1S/C21H18N2O5S/c1-9-11(3)29-20-16(9)19(26)22-18(23-20)10(2)28-21(27)14-8-15(24)12-6-4-5-7-13(12)17(14)25/h4-8,10,24-25H,1-3H3,(H,22,23,26)/t10-/m1/s1. The summed E-state index contributed by atoms with van der Waals surface area (Å²) in [5.41, 5.74) is 0.423. The van der Waals surface area contributed by atoms with Crippen LogP contribution in [0.5, 0.6) is 11.5 Å². The van der Waals surface area contributed by atoms with Crippen LogP contribution < -0.4 is 5.56 Å². The number of hydrogen-bond acceptors (Lipinski definition) is 7. The summed E-state index contributed by atoms with van der Waals surface area (Å²) >= 11 is 1.40. The third-order valence-corrected chi connectivity index (χ3v) is 6.04. The van der Waals surface area contributed by atoms with Crippen LogP contribution in [-0.2, 0) is 4.74 Å². The lowest BCUT2D eigenvalue weighted by molar-refractivity contribution is 0.0317. The fourth-order valence-corrected chi connectivity index (χ4v) is 4.28. The number of aromatic amines is 1. The fraction of sp³-hybridized carbons (Fsp3) is 0.190. The highest BCUT2D eigenvalue weighted by atomic mass is 32.1. The van der Waals surface area contributed by atoms with Gasteiger partial charge in [0.15, 0.2) is 11.9 Å². The second kappa shape index (κ2) is 6.89. The molecule has 7 nitrogen and oxygen atoms in total. The number of phenolic OH excluding ortho intramolecular Hbond substituents is 2. The SMILES string of the molecule is Cc1sc2nc([C@@H](C)OC(=O)c3cc(O)c4ccccc4c3O)[nH]c(=O)c2c1C. The summed E-state index contributed by atoms with van der Waals surface area (Å²) in [7, 11) is 0. The molecular weight excluding hydrogens is 392 g/mol. The van der Waals surface area contributed by atoms with Gasteiger partial charge in [0.05, 0.1) is 5.39 Å². The second-order valence-electron chi connectivity index (χ2n) is 6.80. The molecule has 0 aliphatic rings. The zero-order valence-corrected chi connectivity index (χ0v) is 16.8. The molecule has 1 atom stereocenters. The summed E-state index contributed by atoms with van der Waals surface area (Å²) in [5, 5.41) is 21.9. The summed E-state index contributed by atoms with van der Waals surface area (Å²) in [4.78, 5) is 33.7. The quantitative estimate of drug-likeness (QED) is 0.346. The number of phenols is 2. The maximum absolute atomic E-state index is 12.6. The summed E-state index contributed by atoms with van der Waals surface area (Å²) in [6.45, 7) is 5.36. The number of benzene rings is 2. The highest BCUT2D eigenvalue weighted by molar-refractivity contribution is 7.18. The van der Waals surface area contributed by atoms with E-state index >= 15 is 0 Å². The Morgan fingerprint density at radius 2 is 1.90 bits per heavy atom. The van der Waals surface area contributed by atoms with Gasteiger partial charge in [0.25, 0.3) is 5.56 Å². The van der Waals surface area contributed by atoms with Crippen molar-refractivity contribution in [3.05, 3.63) is 62.5 Å². The monoisotopic (exact) mass is 410 g/mol. The van der Waals surface area contributed by atoms with E-state index in [0.29, 0.717) is 21.0 Å². The molecule has 4 aromatic rings. The van der Waals surface area contributed by atoms with E-state index in [1.165, 1.54) is 11.3 Å². The Bertz CT molecular complexity index is 1340. The molecule has 0 bridgehead atoms. The molecule has 0 spiro atoms. The van der Waals surface area contributed by atoms with Crippen molar-refractivity contribution in [1.82, 2.24) is 9.97 Å². The molecule has 0 saturated carbocycles. The molecule has 0 amide bonds. The Labute approximate surface area is 169 Å². The number of carbonyl (C=O) groups is 1. The predicted octanol–water partition coefficient (Wildman–Crippen LogP) is 4.08. The molecule has 0 saturated heterocycles. The molecular formula is C21H18N2O5S. The number of aromatic hydroxyl groups is 2. The van der Waals surface area contributed by atoms with Crippen molar-refractivity contribution < 1.29 is 19.7 Å². The first kappa shape index (κ1) is 18.9. The molecule has 0 fully saturated rings. The number of rotatable bonds is 3. The number of aromatic nitrogens is 2. The van der Waals surface area contributed by atoms with Crippen molar-refractivity contribution in [1.29, 1.82) is 0 Å². The largest absolute Gasteiger partial charge is 0.507 e. The molecule has 148 valence electrons. The fourth-order valence-electron chi connectivity index (χ4n) is 3.24. The van der Waals surface area contributed by atoms with Gasteiger partial charge >= 0.3 is 5.97 Å². The second-order valence-corrected chi connectivity index (χ2v) is 8.00. The van der Waals surface area contributed by atoms with Gasteiger partial charge in [-0.05, 0) is 32.4 Å². The van der Waals surface area contributed by atoms with Gasteiger partial charge in [0.1, 0.15) is 21.9 Å². The summed E-state index contributed by atoms with van der Waals surface area (Å²) in [5.74, 6) is -1.05. The van der Waals surface area contributed by atoms with Crippen LogP contribution in [0.1, 0.15) is 39.7 Å². The average Bonchev–Trinajstić information content (AvgIpc) is 2.98. The average molecular weight is 410 g/mol. The van der Waals surface area contributed by atoms with Crippen molar-refractivity contribution in [3.8, 4) is 11.5 Å². The van der Waals surface area contributed by atoms with Crippen LogP contribution in [0.15, 0.2) is 35.1 Å². The summed E-state index contributed by atoms with van der Waals surface area (Å²) in [6, 6.07) is 7.80. The van der Waals surface area contributed by atoms with Gasteiger partial charge in [-0.25, -0.2) is 9.78 Å². The van der Waals surface area contributed by atoms with Crippen LogP contribution in [-0.4, -0.2) is 26.2 Å². The molecule has 2 aromatic heterocycles. The van der Waals surface area contributed by atoms with E-state index in [-0.39, 0.29) is 28.4 Å². The first-order valence-corrected chi connectivity index (χ1v) is 9.74. The predicted molar refractivity (Wildman–Crippen MR) is 111 cm³/mol. The Hall–Kier alpha value is -3.39. The first-order valence-electron chi connectivity index (χ1n) is 8.92. The number of esters is 1. The van der Waals surface area contributed by atoms with Crippen molar-refractivity contribution in [3.63, 3.8) is 0 Å². The van der Waals surface area contributed by atoms with E-state index in [4.69, 9.17) is 4.74 Å². The summed E-state index contributed by atoms with van der Waals surface area (Å²) in [6.07, 6.45) is -0.865. The maximum Gasteiger partial charge on any atom is 0.342 e. The van der Waals surface area contributed by atoms with Crippen LogP contribution in [0.3, 0.4) is 0 Å². The molecule has 2 heterocycles. The molecule has 29 heavy (non-hydrogen) atoms. The van der Waals surface area contributed by atoms with Crippen LogP contribution in [0.4, 0.5) is 0 Å². The van der Waals surface area contributed by atoms with Gasteiger partial charge in [-0.2, -0.15) is 0 Å². The molecule has 0 aliphatic heterocycles. The highest BCUT2D eigenvalue weighted by Crippen LogP contribution is 2.36. The van der Waals surface area contributed by atoms with E-state index in [0.717, 1.165) is 16.5 Å². The van der Waals surface area contributed by atoms with E-state index < -0.39 is 12.1 Å². The van der Waals surface area contributed by atoms with Crippen LogP contribution in [0.25, 0.3) is 21.0 Å². The lowest BCUT2D eigenvalue weighted by Crippen LogP contribution is -2.17. The van der Waals surface area contributed by atoms with Crippen molar-refractivity contribution >= 4 is 38.3 Å². The number of hydrogen-bond donors (Lipinski definition) is 3. The topological polar surface area (TPSA) is 113 Å². The van der Waals surface area contributed by atoms with E-state index in [2.05, 4.69) is 9.97 Å². The zero-order valence-electron chi connectivity index (χ0n) is 15.9. The van der Waals surface area contributed by atoms with Crippen molar-refractivity contribution in [2.45, 2.75) is 26.9 Å². The molecule has 8 heteroatoms. The van der Waals surface area contributed by atoms with Gasteiger partial charge in [-0.3, -0.25) is 4.79 Å². The minimum absolute atomic E-state index is 0.143. The molecule has 0 unspecified atom stereocenters. The number of aryl methyl sites for hydroxylation is 2. The molecule has 4 rings (SSSR count). The van der Waals surface area contributed by atoms with E-state index in [9.17, 15) is 19.8 Å². The van der Waals surface area contributed by atoms with Gasteiger partial charge in [-0.1, -0.05) is 24.3 Å². The minimum Gasteiger partial charge on any atom is -0.507 e. The third-order valence-electron chi connectivity index (χ3n) is 4.94. The Morgan fingerprint density at radius 3 is 2.62 bits per heavy atom. The number of ether oxygens (including phenoxy) is 1. The first-order chi connectivity index (χ1) is 13.8. The molecule has 0 radical (unpaired) electrons. The molecule has 2 aromatic carbocycles. The van der Waals surface area contributed by atoms with Crippen LogP contribution >= 0.6 is 11.3 Å². The Kier molecular flexibility index (Phi) is 4.50. The zero-order chi connectivity index (χ0) is 20.9. The Morgan fingerprint density at radius 1 is 1.21 bits per heavy atom. The number of carbonyl (C=O) groups excluding carboxylic acids is 1. The number of H-pyrrole nitrogens is 1. The van der Waals surface area contributed by atoms with E-state index in [1.54, 1.807) is 31.2 Å². The van der Waals surface area contributed by atoms with E-state index in [1.807, 2.05) is 13.8 Å². The van der Waals surface area contributed by atoms with Crippen molar-refractivity contribution in [2.75, 3.05) is 0 Å². The van der Waals surface area contributed by atoms with Crippen molar-refractivity contribution in [2.24, 2.45) is 0 Å². The van der Waals surface area contributed by atoms with Crippen LogP contribution in [0, 0.1) is 13.8 Å².